The van der Waals surface area contributed by atoms with Crippen LogP contribution in [0.25, 0.3) is 39.1 Å². The molecule has 0 bridgehead atoms. The molecule has 0 aromatic carbocycles. The maximum atomic E-state index is 14.3. The standard InChI is InChI=1S/C32H30F5N11O2/c1-16-27(18-12-40-46(15-18)29(33)34)48-28(41-16)20(21-13-38-8-6-22(21)32(35,36)37)9-26(44-48)42-25-10-23-24(14-39-25)45(4)30(50)47(23)19-5-7-31(3,11-19)43-17(2)49/h6,8-10,12-15,19,29H,5,7,11H2,1-4H3,(H,43,49)(H,39,42,44)/t19-,31+/m1/s1/i4D3. The first-order valence-electron chi connectivity index (χ1n) is 16.8. The Labute approximate surface area is 284 Å². The van der Waals surface area contributed by atoms with Gasteiger partial charge in [-0.1, -0.05) is 0 Å². The van der Waals surface area contributed by atoms with E-state index >= 15 is 0 Å². The number of carbonyl (C=O) groups excluding carboxylic acids is 1. The van der Waals surface area contributed by atoms with E-state index in [1.807, 2.05) is 6.92 Å². The number of aryl methyl sites for hydroxylation is 2. The third-order valence-electron chi connectivity index (χ3n) is 8.82. The lowest BCUT2D eigenvalue weighted by molar-refractivity contribution is -0.137. The van der Waals surface area contributed by atoms with E-state index in [4.69, 9.17) is 4.11 Å². The summed E-state index contributed by atoms with van der Waals surface area (Å²) >= 11 is 0. The molecule has 7 rings (SSSR count). The summed E-state index contributed by atoms with van der Waals surface area (Å²) in [6.45, 7) is -1.07. The molecule has 1 saturated carbocycles. The van der Waals surface area contributed by atoms with Crippen molar-refractivity contribution < 1.29 is 30.9 Å². The summed E-state index contributed by atoms with van der Waals surface area (Å²) in [5, 5.41) is 14.1. The Morgan fingerprint density at radius 1 is 1.14 bits per heavy atom. The minimum Gasteiger partial charge on any atom is -0.351 e. The highest BCUT2D eigenvalue weighted by molar-refractivity contribution is 5.85. The minimum atomic E-state index is -4.79. The Morgan fingerprint density at radius 3 is 2.64 bits per heavy atom. The fraction of sp³-hybridized carbons (Fsp3) is 0.344. The number of alkyl halides is 5. The predicted molar refractivity (Wildman–Crippen MR) is 172 cm³/mol. The molecule has 0 saturated heterocycles. The summed E-state index contributed by atoms with van der Waals surface area (Å²) in [7, 11) is 0. The van der Waals surface area contributed by atoms with Crippen molar-refractivity contribution >= 4 is 34.2 Å². The van der Waals surface area contributed by atoms with Gasteiger partial charge in [-0.2, -0.15) is 27.1 Å². The predicted octanol–water partition coefficient (Wildman–Crippen LogP) is 5.79. The van der Waals surface area contributed by atoms with Crippen molar-refractivity contribution in [3.8, 4) is 22.4 Å². The SMILES string of the molecule is [2H]C([2H])([2H])n1c(=O)n([C@@H]2CC[C@](C)(NC(C)=O)C2)c2cc(Nc3cc(-c4cnccc4C(F)(F)F)c4nc(C)c(-c5cnn(C(F)F)c5)n4n3)ncc21. The van der Waals surface area contributed by atoms with Gasteiger partial charge in [0.2, 0.25) is 5.91 Å². The number of hydrogen-bond donors (Lipinski definition) is 2. The second-order valence-electron chi connectivity index (χ2n) is 12.4. The lowest BCUT2D eigenvalue weighted by Gasteiger charge is -2.25. The number of hydrogen-bond acceptors (Lipinski definition) is 8. The fourth-order valence-electron chi connectivity index (χ4n) is 6.78. The van der Waals surface area contributed by atoms with Gasteiger partial charge in [0.15, 0.2) is 11.5 Å². The zero-order valence-corrected chi connectivity index (χ0v) is 26.6. The monoisotopic (exact) mass is 698 g/mol. The van der Waals surface area contributed by atoms with Crippen LogP contribution >= 0.6 is 0 Å². The molecule has 0 aliphatic heterocycles. The number of anilines is 2. The van der Waals surface area contributed by atoms with Crippen molar-refractivity contribution in [2.45, 2.75) is 64.3 Å². The van der Waals surface area contributed by atoms with E-state index in [-0.39, 0.29) is 62.3 Å². The van der Waals surface area contributed by atoms with Crippen LogP contribution in [0.3, 0.4) is 0 Å². The van der Waals surface area contributed by atoms with Crippen molar-refractivity contribution in [3.05, 3.63) is 70.9 Å². The summed E-state index contributed by atoms with van der Waals surface area (Å²) in [6, 6.07) is 3.03. The number of halogens is 5. The number of rotatable bonds is 7. The van der Waals surface area contributed by atoms with Crippen LogP contribution in [-0.2, 0) is 17.9 Å². The first-order chi connectivity index (χ1) is 24.8. The van der Waals surface area contributed by atoms with Gasteiger partial charge in [0.05, 0.1) is 40.4 Å². The molecule has 1 aliphatic rings. The molecule has 0 spiro atoms. The Hall–Kier alpha value is -5.68. The second kappa shape index (κ2) is 11.7. The molecular formula is C32H30F5N11O2. The van der Waals surface area contributed by atoms with Crippen LogP contribution in [0.5, 0.6) is 0 Å². The average Bonchev–Trinajstić information content (AvgIpc) is 3.82. The molecule has 260 valence electrons. The molecule has 6 aromatic rings. The normalized spacial score (nSPS) is 19.2. The second-order valence-corrected chi connectivity index (χ2v) is 12.4. The molecule has 2 atom stereocenters. The number of nitrogens with zero attached hydrogens (tertiary/aromatic N) is 9. The van der Waals surface area contributed by atoms with Crippen molar-refractivity contribution in [2.75, 3.05) is 5.32 Å². The van der Waals surface area contributed by atoms with E-state index in [2.05, 4.69) is 35.8 Å². The number of fused-ring (bicyclic) bond motifs is 2. The molecule has 0 radical (unpaired) electrons. The highest BCUT2D eigenvalue weighted by Crippen LogP contribution is 2.41. The largest absolute Gasteiger partial charge is 0.417 e. The fourth-order valence-corrected chi connectivity index (χ4v) is 6.78. The summed E-state index contributed by atoms with van der Waals surface area (Å²) in [5.41, 5.74) is -2.13. The van der Waals surface area contributed by atoms with E-state index in [0.717, 1.165) is 30.9 Å². The molecule has 2 N–H and O–H groups in total. The highest BCUT2D eigenvalue weighted by Gasteiger charge is 2.38. The lowest BCUT2D eigenvalue weighted by atomic mass is 10.0. The van der Waals surface area contributed by atoms with Gasteiger partial charge in [-0.25, -0.2) is 24.0 Å². The highest BCUT2D eigenvalue weighted by atomic mass is 19.4. The number of aromatic nitrogens is 9. The molecule has 1 fully saturated rings. The molecule has 1 amide bonds. The zero-order chi connectivity index (χ0) is 38.2. The maximum absolute atomic E-state index is 14.3. The van der Waals surface area contributed by atoms with Crippen LogP contribution in [0.1, 0.15) is 61.1 Å². The number of amides is 1. The Kier molecular flexibility index (Phi) is 6.86. The van der Waals surface area contributed by atoms with Crippen LogP contribution < -0.4 is 16.3 Å². The summed E-state index contributed by atoms with van der Waals surface area (Å²) in [6.07, 6.45) is 1.92. The number of pyridine rings is 2. The minimum absolute atomic E-state index is 0.00604. The van der Waals surface area contributed by atoms with Gasteiger partial charge in [0.25, 0.3) is 0 Å². The molecule has 1 aliphatic carbocycles. The van der Waals surface area contributed by atoms with Crippen molar-refractivity contribution in [1.29, 1.82) is 0 Å². The van der Waals surface area contributed by atoms with Crippen LogP contribution in [0.15, 0.2) is 54.0 Å². The van der Waals surface area contributed by atoms with Crippen molar-refractivity contribution in [3.63, 3.8) is 0 Å². The van der Waals surface area contributed by atoms with E-state index in [9.17, 15) is 31.5 Å². The third-order valence-corrected chi connectivity index (χ3v) is 8.82. The van der Waals surface area contributed by atoms with Crippen LogP contribution in [0, 0.1) is 6.92 Å². The van der Waals surface area contributed by atoms with Gasteiger partial charge < -0.3 is 10.6 Å². The number of carbonyl (C=O) groups is 1. The summed E-state index contributed by atoms with van der Waals surface area (Å²) in [5.74, 6) is -0.280. The van der Waals surface area contributed by atoms with E-state index in [0.29, 0.717) is 28.5 Å². The number of imidazole rings is 2. The summed E-state index contributed by atoms with van der Waals surface area (Å²) in [4.78, 5) is 38.4. The van der Waals surface area contributed by atoms with Gasteiger partial charge >= 0.3 is 18.4 Å². The van der Waals surface area contributed by atoms with Gasteiger partial charge in [-0.15, -0.1) is 5.10 Å². The Balaban J connectivity index is 1.40. The van der Waals surface area contributed by atoms with E-state index in [1.54, 1.807) is 6.92 Å². The number of nitrogens with one attached hydrogen (secondary N) is 2. The van der Waals surface area contributed by atoms with E-state index < -0.39 is 42.5 Å². The third kappa shape index (κ3) is 5.63. The van der Waals surface area contributed by atoms with E-state index in [1.165, 1.54) is 34.3 Å². The maximum Gasteiger partial charge on any atom is 0.417 e. The first-order valence-corrected chi connectivity index (χ1v) is 15.3. The lowest BCUT2D eigenvalue weighted by Crippen LogP contribution is -2.43. The molecule has 0 unspecified atom stereocenters. The van der Waals surface area contributed by atoms with Crippen LogP contribution in [0.4, 0.5) is 33.6 Å². The van der Waals surface area contributed by atoms with Crippen molar-refractivity contribution in [1.82, 2.24) is 48.8 Å². The van der Waals surface area contributed by atoms with Gasteiger partial charge in [-0.3, -0.25) is 18.9 Å². The average molecular weight is 699 g/mol. The molecule has 6 heterocycles. The quantitative estimate of drug-likeness (QED) is 0.200. The molecule has 18 heteroatoms. The van der Waals surface area contributed by atoms with Gasteiger partial charge in [0, 0.05) is 70.9 Å². The van der Waals surface area contributed by atoms with Crippen molar-refractivity contribution in [2.24, 2.45) is 6.98 Å². The molecule has 13 nitrogen and oxygen atoms in total. The smallest absolute Gasteiger partial charge is 0.351 e. The summed E-state index contributed by atoms with van der Waals surface area (Å²) < 4.78 is 97.6. The van der Waals surface area contributed by atoms with Gasteiger partial charge in [-0.05, 0) is 45.2 Å². The molecular weight excluding hydrogens is 665 g/mol. The molecule has 50 heavy (non-hydrogen) atoms. The Morgan fingerprint density at radius 2 is 1.94 bits per heavy atom. The molecule has 6 aromatic heterocycles. The van der Waals surface area contributed by atoms with Gasteiger partial charge in [0.1, 0.15) is 5.82 Å². The van der Waals surface area contributed by atoms with Crippen LogP contribution in [-0.4, -0.2) is 54.9 Å². The zero-order valence-electron chi connectivity index (χ0n) is 29.6. The van der Waals surface area contributed by atoms with Crippen LogP contribution in [0.2, 0.25) is 0 Å². The topological polar surface area (TPSA) is 142 Å². The first kappa shape index (κ1) is 29.3. The Bertz CT molecular complexity index is 2470.